The minimum Gasteiger partial charge on any atom is -0.285 e. The summed E-state index contributed by atoms with van der Waals surface area (Å²) in [6.07, 6.45) is 0. The van der Waals surface area contributed by atoms with Gasteiger partial charge in [-0.15, -0.1) is 0 Å². The van der Waals surface area contributed by atoms with Crippen LogP contribution in [-0.2, 0) is 4.79 Å². The lowest BCUT2D eigenvalue weighted by atomic mass is 9.32. The Hall–Kier alpha value is -1.27. The standard InChI is InChI=1S/C16H17NOS/c1-14(2)12-10-7-5-6-8-11(10)19-13(18)16(12,9-17)15(14,3)4/h5-8,12H,1-4H3/t12-,16+/m1/s1. The third kappa shape index (κ3) is 1.13. The number of carbonyl (C=O) groups excluding carboxylic acids is 1. The van der Waals surface area contributed by atoms with E-state index in [1.807, 2.05) is 18.2 Å². The Morgan fingerprint density at radius 3 is 2.47 bits per heavy atom. The van der Waals surface area contributed by atoms with Crippen LogP contribution in [0.15, 0.2) is 29.2 Å². The van der Waals surface area contributed by atoms with E-state index < -0.39 is 5.41 Å². The molecular weight excluding hydrogens is 254 g/mol. The highest BCUT2D eigenvalue weighted by Crippen LogP contribution is 2.78. The Labute approximate surface area is 118 Å². The summed E-state index contributed by atoms with van der Waals surface area (Å²) in [5.41, 5.74) is -0.0832. The number of thioether (sulfide) groups is 1. The Balaban J connectivity index is 2.30. The number of carbonyl (C=O) groups is 1. The van der Waals surface area contributed by atoms with E-state index in [-0.39, 0.29) is 21.9 Å². The summed E-state index contributed by atoms with van der Waals surface area (Å²) < 4.78 is 0. The summed E-state index contributed by atoms with van der Waals surface area (Å²) in [4.78, 5) is 13.6. The third-order valence-electron chi connectivity index (χ3n) is 5.68. The quantitative estimate of drug-likeness (QED) is 0.716. The van der Waals surface area contributed by atoms with Gasteiger partial charge in [0.25, 0.3) is 0 Å². The molecule has 0 amide bonds. The number of nitrogens with zero attached hydrogens (tertiary/aromatic N) is 1. The van der Waals surface area contributed by atoms with Crippen molar-refractivity contribution in [3.8, 4) is 6.07 Å². The van der Waals surface area contributed by atoms with Gasteiger partial charge in [0.1, 0.15) is 5.41 Å². The first-order valence-electron chi connectivity index (χ1n) is 6.53. The lowest BCUT2D eigenvalue weighted by Crippen LogP contribution is -2.69. The van der Waals surface area contributed by atoms with Crippen LogP contribution in [0.3, 0.4) is 0 Å². The van der Waals surface area contributed by atoms with Crippen LogP contribution in [0.2, 0.25) is 0 Å². The van der Waals surface area contributed by atoms with Gasteiger partial charge in [0.2, 0.25) is 5.12 Å². The van der Waals surface area contributed by atoms with Crippen molar-refractivity contribution in [3.63, 3.8) is 0 Å². The minimum absolute atomic E-state index is 0.00458. The molecule has 2 nitrogen and oxygen atoms in total. The largest absolute Gasteiger partial charge is 0.285 e. The minimum atomic E-state index is -0.879. The first-order valence-corrected chi connectivity index (χ1v) is 7.35. The molecule has 3 heteroatoms. The fourth-order valence-electron chi connectivity index (χ4n) is 3.93. The van der Waals surface area contributed by atoms with Crippen LogP contribution in [0.1, 0.15) is 39.2 Å². The zero-order valence-electron chi connectivity index (χ0n) is 11.7. The SMILES string of the molecule is CC1(C)[C@H]2c3ccccc3SC(=O)[C@@]2(C#N)C1(C)C. The van der Waals surface area contributed by atoms with E-state index in [0.29, 0.717) is 0 Å². The van der Waals surface area contributed by atoms with E-state index in [2.05, 4.69) is 39.8 Å². The van der Waals surface area contributed by atoms with Crippen molar-refractivity contribution >= 4 is 16.9 Å². The van der Waals surface area contributed by atoms with Crippen molar-refractivity contribution in [1.29, 1.82) is 5.26 Å². The monoisotopic (exact) mass is 271 g/mol. The van der Waals surface area contributed by atoms with Gasteiger partial charge in [-0.25, -0.2) is 0 Å². The van der Waals surface area contributed by atoms with Crippen molar-refractivity contribution in [2.24, 2.45) is 16.2 Å². The number of nitriles is 1. The Morgan fingerprint density at radius 2 is 1.84 bits per heavy atom. The smallest absolute Gasteiger partial charge is 0.215 e. The molecule has 0 N–H and O–H groups in total. The van der Waals surface area contributed by atoms with Gasteiger partial charge in [0.15, 0.2) is 0 Å². The first-order chi connectivity index (χ1) is 8.80. The third-order valence-corrected chi connectivity index (χ3v) is 6.78. The molecule has 1 saturated carbocycles. The van der Waals surface area contributed by atoms with Crippen molar-refractivity contribution in [1.82, 2.24) is 0 Å². The molecule has 1 aliphatic heterocycles. The maximum Gasteiger partial charge on any atom is 0.215 e. The molecule has 2 atom stereocenters. The Morgan fingerprint density at radius 1 is 1.21 bits per heavy atom. The summed E-state index contributed by atoms with van der Waals surface area (Å²) in [5.74, 6) is 0.00458. The average Bonchev–Trinajstić information content (AvgIpc) is 2.36. The molecule has 0 aromatic heterocycles. The second-order valence-corrected chi connectivity index (χ2v) is 7.64. The van der Waals surface area contributed by atoms with Gasteiger partial charge >= 0.3 is 0 Å². The molecule has 1 fully saturated rings. The molecule has 0 radical (unpaired) electrons. The highest BCUT2D eigenvalue weighted by Gasteiger charge is 2.77. The number of hydrogen-bond donors (Lipinski definition) is 0. The molecule has 0 spiro atoms. The van der Waals surface area contributed by atoms with E-state index in [1.54, 1.807) is 0 Å². The van der Waals surface area contributed by atoms with Crippen molar-refractivity contribution in [2.75, 3.05) is 0 Å². The van der Waals surface area contributed by atoms with E-state index >= 15 is 0 Å². The number of hydrogen-bond acceptors (Lipinski definition) is 3. The van der Waals surface area contributed by atoms with Crippen LogP contribution in [0, 0.1) is 27.6 Å². The van der Waals surface area contributed by atoms with Gasteiger partial charge in [-0.2, -0.15) is 5.26 Å². The summed E-state index contributed by atoms with van der Waals surface area (Å²) in [5, 5.41) is 9.77. The molecule has 2 aliphatic rings. The predicted molar refractivity (Wildman–Crippen MR) is 75.7 cm³/mol. The van der Waals surface area contributed by atoms with Crippen molar-refractivity contribution in [3.05, 3.63) is 29.8 Å². The second kappa shape index (κ2) is 3.43. The van der Waals surface area contributed by atoms with E-state index in [1.165, 1.54) is 11.8 Å². The predicted octanol–water partition coefficient (Wildman–Crippen LogP) is 3.98. The highest BCUT2D eigenvalue weighted by molar-refractivity contribution is 8.14. The van der Waals surface area contributed by atoms with E-state index in [9.17, 15) is 10.1 Å². The summed E-state index contributed by atoms with van der Waals surface area (Å²) in [7, 11) is 0. The fraction of sp³-hybridized carbons (Fsp3) is 0.500. The van der Waals surface area contributed by atoms with Gasteiger partial charge in [-0.05, 0) is 34.2 Å². The molecule has 0 bridgehead atoms. The van der Waals surface area contributed by atoms with Crippen LogP contribution in [0.4, 0.5) is 0 Å². The molecule has 3 rings (SSSR count). The molecule has 1 aliphatic carbocycles. The second-order valence-electron chi connectivity index (χ2n) is 6.63. The molecule has 1 heterocycles. The number of fused-ring (bicyclic) bond motifs is 3. The zero-order valence-corrected chi connectivity index (χ0v) is 12.5. The van der Waals surface area contributed by atoms with Gasteiger partial charge in [-0.1, -0.05) is 45.9 Å². The fourth-order valence-corrected chi connectivity index (χ4v) is 5.16. The van der Waals surface area contributed by atoms with Crippen LogP contribution >= 0.6 is 11.8 Å². The van der Waals surface area contributed by atoms with Crippen LogP contribution in [0.5, 0.6) is 0 Å². The molecule has 1 aromatic rings. The van der Waals surface area contributed by atoms with Crippen LogP contribution in [-0.4, -0.2) is 5.12 Å². The number of benzene rings is 1. The topological polar surface area (TPSA) is 40.9 Å². The normalized spacial score (nSPS) is 33.6. The zero-order chi connectivity index (χ0) is 14.1. The summed E-state index contributed by atoms with van der Waals surface area (Å²) >= 11 is 1.24. The van der Waals surface area contributed by atoms with Crippen molar-refractivity contribution in [2.45, 2.75) is 38.5 Å². The molecule has 19 heavy (non-hydrogen) atoms. The summed E-state index contributed by atoms with van der Waals surface area (Å²) in [6, 6.07) is 10.4. The lowest BCUT2D eigenvalue weighted by molar-refractivity contribution is -0.179. The maximum atomic E-state index is 12.6. The summed E-state index contributed by atoms with van der Waals surface area (Å²) in [6.45, 7) is 8.46. The average molecular weight is 271 g/mol. The number of rotatable bonds is 0. The highest BCUT2D eigenvalue weighted by atomic mass is 32.2. The van der Waals surface area contributed by atoms with Crippen molar-refractivity contribution < 1.29 is 4.79 Å². The molecular formula is C16H17NOS. The molecule has 1 aromatic carbocycles. The van der Waals surface area contributed by atoms with E-state index in [0.717, 1.165) is 10.5 Å². The molecule has 98 valence electrons. The van der Waals surface area contributed by atoms with Gasteiger partial charge in [0.05, 0.1) is 6.07 Å². The first kappa shape index (κ1) is 12.7. The lowest BCUT2D eigenvalue weighted by Gasteiger charge is -2.69. The van der Waals surface area contributed by atoms with Gasteiger partial charge in [0, 0.05) is 10.8 Å². The van der Waals surface area contributed by atoms with Gasteiger partial charge < -0.3 is 0 Å². The van der Waals surface area contributed by atoms with Gasteiger partial charge in [-0.3, -0.25) is 4.79 Å². The Kier molecular flexibility index (Phi) is 2.30. The van der Waals surface area contributed by atoms with Crippen LogP contribution < -0.4 is 0 Å². The van der Waals surface area contributed by atoms with E-state index in [4.69, 9.17) is 0 Å². The van der Waals surface area contributed by atoms with Crippen LogP contribution in [0.25, 0.3) is 0 Å². The molecule has 0 saturated heterocycles. The molecule has 0 unspecified atom stereocenters. The Bertz CT molecular complexity index is 626. The maximum absolute atomic E-state index is 12.6.